The lowest BCUT2D eigenvalue weighted by Gasteiger charge is -2.71. The van der Waals surface area contributed by atoms with Gasteiger partial charge in [-0.3, -0.25) is 9.80 Å². The molecule has 3 saturated carbocycles. The number of ether oxygens (including phenoxy) is 3. The molecule has 0 radical (unpaired) electrons. The van der Waals surface area contributed by atoms with Crippen molar-refractivity contribution in [2.24, 2.45) is 5.41 Å². The van der Waals surface area contributed by atoms with E-state index in [9.17, 15) is 19.8 Å². The summed E-state index contributed by atoms with van der Waals surface area (Å²) in [7, 11) is 4.00. The highest BCUT2D eigenvalue weighted by atomic mass is 16.6. The zero-order chi connectivity index (χ0) is 23.4. The average Bonchev–Trinajstić information content (AvgIpc) is 3.34. The van der Waals surface area contributed by atoms with Gasteiger partial charge in [0.25, 0.3) is 0 Å². The third kappa shape index (κ3) is 1.96. The molecule has 3 heterocycles. The second-order valence-electron chi connectivity index (χ2n) is 10.3. The number of benzene rings is 1. The van der Waals surface area contributed by atoms with Gasteiger partial charge in [0.2, 0.25) is 0 Å². The largest absolute Gasteiger partial charge is 0.504 e. The van der Waals surface area contributed by atoms with Crippen LogP contribution in [0.3, 0.4) is 0 Å². The van der Waals surface area contributed by atoms with E-state index in [-0.39, 0.29) is 29.4 Å². The van der Waals surface area contributed by atoms with E-state index in [0.29, 0.717) is 18.5 Å². The lowest BCUT2D eigenvalue weighted by Crippen LogP contribution is -2.86. The first kappa shape index (κ1) is 21.0. The monoisotopic (exact) mass is 458 g/mol. The minimum absolute atomic E-state index is 0.0556. The highest BCUT2D eigenvalue weighted by molar-refractivity contribution is 6.01. The molecule has 0 aromatic heterocycles. The predicted molar refractivity (Wildman–Crippen MR) is 116 cm³/mol. The van der Waals surface area contributed by atoms with Gasteiger partial charge in [-0.1, -0.05) is 6.07 Å². The third-order valence-electron chi connectivity index (χ3n) is 9.62. The number of phenols is 1. The van der Waals surface area contributed by atoms with Crippen LogP contribution in [0.25, 0.3) is 0 Å². The summed E-state index contributed by atoms with van der Waals surface area (Å²) in [5.41, 5.74) is -3.04. The number of carbonyl (C=O) groups excluding carboxylic acids is 2. The molecule has 5 unspecified atom stereocenters. The summed E-state index contributed by atoms with van der Waals surface area (Å²) >= 11 is 0. The number of rotatable bonds is 2. The second-order valence-corrected chi connectivity index (χ2v) is 10.3. The second kappa shape index (κ2) is 6.33. The first-order valence-electron chi connectivity index (χ1n) is 11.6. The van der Waals surface area contributed by atoms with E-state index in [1.165, 1.54) is 26.2 Å². The van der Waals surface area contributed by atoms with Gasteiger partial charge >= 0.3 is 12.1 Å². The lowest BCUT2D eigenvalue weighted by molar-refractivity contribution is -0.227. The van der Waals surface area contributed by atoms with Crippen LogP contribution in [0.5, 0.6) is 11.5 Å². The quantitative estimate of drug-likeness (QED) is 0.647. The Morgan fingerprint density at radius 1 is 1.06 bits per heavy atom. The third-order valence-corrected chi connectivity index (χ3v) is 9.62. The van der Waals surface area contributed by atoms with Crippen molar-refractivity contribution in [1.82, 2.24) is 4.90 Å². The van der Waals surface area contributed by atoms with Crippen LogP contribution in [-0.2, 0) is 19.7 Å². The van der Waals surface area contributed by atoms with Crippen LogP contribution < -0.4 is 9.64 Å². The highest BCUT2D eigenvalue weighted by Gasteiger charge is 2.87. The number of fused-ring (bicyclic) bond motifs is 3. The molecule has 2 saturated heterocycles. The van der Waals surface area contributed by atoms with Crippen LogP contribution in [0, 0.1) is 5.41 Å². The minimum atomic E-state index is -1.93. The molecule has 9 nitrogen and oxygen atoms in total. The fourth-order valence-corrected chi connectivity index (χ4v) is 8.96. The topological polar surface area (TPSA) is 109 Å². The highest BCUT2D eigenvalue weighted by Crippen LogP contribution is 2.77. The molecule has 9 heteroatoms. The Morgan fingerprint density at radius 3 is 2.55 bits per heavy atom. The van der Waals surface area contributed by atoms with Gasteiger partial charge in [-0.15, -0.1) is 0 Å². The summed E-state index contributed by atoms with van der Waals surface area (Å²) in [6, 6.07) is 3.47. The molecule has 2 N–H and O–H groups in total. The fourth-order valence-electron chi connectivity index (χ4n) is 8.96. The molecule has 33 heavy (non-hydrogen) atoms. The number of esters is 1. The molecule has 5 atom stereocenters. The minimum Gasteiger partial charge on any atom is -0.504 e. The van der Waals surface area contributed by atoms with Gasteiger partial charge in [0.1, 0.15) is 5.54 Å². The summed E-state index contributed by atoms with van der Waals surface area (Å²) in [5, 5.41) is 23.1. The maximum Gasteiger partial charge on any atom is 0.414 e. The van der Waals surface area contributed by atoms with Gasteiger partial charge in [0.05, 0.1) is 27.0 Å². The summed E-state index contributed by atoms with van der Waals surface area (Å²) in [6.07, 6.45) is 3.33. The molecule has 6 aliphatic rings. The van der Waals surface area contributed by atoms with Crippen LogP contribution in [0.2, 0.25) is 0 Å². The Kier molecular flexibility index (Phi) is 4.03. The number of nitrogens with zero attached hydrogens (tertiary/aromatic N) is 2. The molecule has 2 bridgehead atoms. The van der Waals surface area contributed by atoms with E-state index in [2.05, 4.69) is 4.90 Å². The first-order valence-corrected chi connectivity index (χ1v) is 11.6. The molecule has 1 amide bonds. The molecular formula is C24H30N2O7. The Hall–Kier alpha value is -2.52. The van der Waals surface area contributed by atoms with Crippen LogP contribution in [0.1, 0.15) is 44.1 Å². The van der Waals surface area contributed by atoms with Crippen molar-refractivity contribution < 1.29 is 34.0 Å². The van der Waals surface area contributed by atoms with Crippen molar-refractivity contribution in [3.63, 3.8) is 0 Å². The SMILES string of the molecule is COC(=O)N1c2c(ccc(O)c2OC)C23CCN4CCCC5(CCC12C(O)(C(=O)OC)C5)C43. The molecule has 3 aliphatic carbocycles. The van der Waals surface area contributed by atoms with Gasteiger partial charge in [-0.05, 0) is 68.7 Å². The zero-order valence-electron chi connectivity index (χ0n) is 19.2. The summed E-state index contributed by atoms with van der Waals surface area (Å²) in [5.74, 6) is -0.690. The van der Waals surface area contributed by atoms with E-state index in [0.717, 1.165) is 37.9 Å². The summed E-state index contributed by atoms with van der Waals surface area (Å²) in [4.78, 5) is 30.9. The van der Waals surface area contributed by atoms with Crippen LogP contribution in [0.15, 0.2) is 12.1 Å². The molecule has 5 fully saturated rings. The molecule has 1 aromatic carbocycles. The number of phenolic OH excluding ortho intramolecular Hbond substituents is 1. The van der Waals surface area contributed by atoms with Gasteiger partial charge in [0.15, 0.2) is 17.1 Å². The van der Waals surface area contributed by atoms with Crippen molar-refractivity contribution in [2.75, 3.05) is 39.3 Å². The van der Waals surface area contributed by atoms with Crippen molar-refractivity contribution >= 4 is 17.7 Å². The Labute approximate surface area is 192 Å². The van der Waals surface area contributed by atoms with Crippen LogP contribution in [-0.4, -0.2) is 78.8 Å². The standard InChI is InChI=1S/C24H30N2O7/c1-31-17-15(27)6-5-14-16(17)26(20(29)33-3)24-9-8-21(13-23(24,30)19(28)32-2)7-4-11-25-12-10-22(14,24)18(21)25/h5-6,18,27,30H,4,7-13H2,1-3H3. The molecule has 178 valence electrons. The van der Waals surface area contributed by atoms with Crippen molar-refractivity contribution in [3.05, 3.63) is 17.7 Å². The summed E-state index contributed by atoms with van der Waals surface area (Å²) < 4.78 is 16.1. The van der Waals surface area contributed by atoms with E-state index in [1.807, 2.05) is 6.07 Å². The molecule has 3 spiro atoms. The van der Waals surface area contributed by atoms with Crippen LogP contribution >= 0.6 is 0 Å². The molecule has 3 aliphatic heterocycles. The van der Waals surface area contributed by atoms with E-state index in [1.54, 1.807) is 6.07 Å². The van der Waals surface area contributed by atoms with Gasteiger partial charge in [0, 0.05) is 11.5 Å². The van der Waals surface area contributed by atoms with Crippen LogP contribution in [0.4, 0.5) is 10.5 Å². The van der Waals surface area contributed by atoms with Crippen molar-refractivity contribution in [1.29, 1.82) is 0 Å². The summed E-state index contributed by atoms with van der Waals surface area (Å²) in [6.45, 7) is 1.76. The van der Waals surface area contributed by atoms with E-state index in [4.69, 9.17) is 14.2 Å². The average molecular weight is 459 g/mol. The maximum atomic E-state index is 13.5. The Bertz CT molecular complexity index is 1080. The number of anilines is 1. The molecule has 1 aromatic rings. The van der Waals surface area contributed by atoms with Gasteiger partial charge < -0.3 is 24.4 Å². The maximum absolute atomic E-state index is 13.5. The Balaban J connectivity index is 1.76. The van der Waals surface area contributed by atoms with E-state index < -0.39 is 28.6 Å². The van der Waals surface area contributed by atoms with Crippen molar-refractivity contribution in [2.45, 2.75) is 61.1 Å². The number of aliphatic hydroxyl groups is 1. The zero-order valence-corrected chi connectivity index (χ0v) is 19.2. The first-order chi connectivity index (χ1) is 15.8. The number of carbonyl (C=O) groups is 2. The number of aromatic hydroxyl groups is 1. The number of hydrogen-bond acceptors (Lipinski definition) is 8. The predicted octanol–water partition coefficient (Wildman–Crippen LogP) is 1.92. The Morgan fingerprint density at radius 2 is 1.85 bits per heavy atom. The number of amides is 1. The lowest BCUT2D eigenvalue weighted by atomic mass is 9.37. The number of piperidine rings is 1. The molecular weight excluding hydrogens is 428 g/mol. The van der Waals surface area contributed by atoms with Gasteiger partial charge in [-0.25, -0.2) is 9.59 Å². The van der Waals surface area contributed by atoms with E-state index >= 15 is 0 Å². The number of methoxy groups -OCH3 is 3. The van der Waals surface area contributed by atoms with Crippen molar-refractivity contribution in [3.8, 4) is 11.5 Å². The number of hydrogen-bond donors (Lipinski definition) is 2. The normalized spacial score (nSPS) is 40.1. The van der Waals surface area contributed by atoms with Gasteiger partial charge in [-0.2, -0.15) is 0 Å². The smallest absolute Gasteiger partial charge is 0.414 e. The molecule has 7 rings (SSSR count). The fraction of sp³-hybridized carbons (Fsp3) is 0.667.